The summed E-state index contributed by atoms with van der Waals surface area (Å²) in [7, 11) is 1.58. The van der Waals surface area contributed by atoms with Crippen molar-refractivity contribution in [3.05, 3.63) is 59.7 Å². The van der Waals surface area contributed by atoms with Crippen LogP contribution in [0.2, 0.25) is 0 Å². The highest BCUT2D eigenvalue weighted by atomic mass is 16.6. The van der Waals surface area contributed by atoms with Crippen molar-refractivity contribution in [3.63, 3.8) is 0 Å². The van der Waals surface area contributed by atoms with Gasteiger partial charge in [0.1, 0.15) is 23.4 Å². The van der Waals surface area contributed by atoms with Gasteiger partial charge in [0.25, 0.3) is 5.91 Å². The van der Waals surface area contributed by atoms with E-state index in [1.54, 1.807) is 57.0 Å². The number of nitrogens with one attached hydrogen (secondary N) is 2. The van der Waals surface area contributed by atoms with E-state index in [1.165, 1.54) is 0 Å². The molecule has 2 N–H and O–H groups in total. The van der Waals surface area contributed by atoms with E-state index in [2.05, 4.69) is 10.6 Å². The topological polar surface area (TPSA) is 97.0 Å². The lowest BCUT2D eigenvalue weighted by atomic mass is 9.93. The van der Waals surface area contributed by atoms with Crippen LogP contribution in [0.1, 0.15) is 72.1 Å². The Kier molecular flexibility index (Phi) is 10.7. The SMILES string of the molecule is CCC(C)C(NC(=O)OC(C)(C)C)C(=O)N(C(C)C)C(C(=O)Nc1ccc(OC)cc1)c1ccccc1C. The lowest BCUT2D eigenvalue weighted by Gasteiger charge is -2.39. The first-order valence-electron chi connectivity index (χ1n) is 13.1. The van der Waals surface area contributed by atoms with Crippen molar-refractivity contribution in [2.45, 2.75) is 85.5 Å². The van der Waals surface area contributed by atoms with Crippen LogP contribution in [0.4, 0.5) is 10.5 Å². The van der Waals surface area contributed by atoms with Gasteiger partial charge in [0.2, 0.25) is 5.91 Å². The monoisotopic (exact) mass is 525 g/mol. The first kappa shape index (κ1) is 30.7. The van der Waals surface area contributed by atoms with Gasteiger partial charge in [-0.1, -0.05) is 44.5 Å². The number of nitrogens with zero attached hydrogens (tertiary/aromatic N) is 1. The first-order valence-corrected chi connectivity index (χ1v) is 13.1. The molecule has 0 radical (unpaired) electrons. The predicted molar refractivity (Wildman–Crippen MR) is 150 cm³/mol. The number of amides is 3. The van der Waals surface area contributed by atoms with Gasteiger partial charge in [-0.3, -0.25) is 9.59 Å². The van der Waals surface area contributed by atoms with Crippen molar-refractivity contribution in [1.82, 2.24) is 10.2 Å². The Balaban J connectivity index is 2.53. The summed E-state index contributed by atoms with van der Waals surface area (Å²) < 4.78 is 10.7. The van der Waals surface area contributed by atoms with Crippen molar-refractivity contribution < 1.29 is 23.9 Å². The number of alkyl carbamates (subject to hydrolysis) is 1. The second kappa shape index (κ2) is 13.3. The molecule has 0 aliphatic heterocycles. The number of hydrogen-bond donors (Lipinski definition) is 2. The third-order valence-electron chi connectivity index (χ3n) is 6.33. The van der Waals surface area contributed by atoms with E-state index in [1.807, 2.05) is 58.9 Å². The minimum Gasteiger partial charge on any atom is -0.497 e. The van der Waals surface area contributed by atoms with Crippen molar-refractivity contribution in [2.24, 2.45) is 5.92 Å². The summed E-state index contributed by atoms with van der Waals surface area (Å²) in [4.78, 5) is 42.4. The molecule has 2 rings (SSSR count). The smallest absolute Gasteiger partial charge is 0.408 e. The van der Waals surface area contributed by atoms with Crippen LogP contribution in [0.5, 0.6) is 5.75 Å². The number of hydrogen-bond acceptors (Lipinski definition) is 5. The van der Waals surface area contributed by atoms with Crippen molar-refractivity contribution in [1.29, 1.82) is 0 Å². The normalized spacial score (nSPS) is 13.7. The Hall–Kier alpha value is -3.55. The molecule has 8 nitrogen and oxygen atoms in total. The maximum absolute atomic E-state index is 14.2. The van der Waals surface area contributed by atoms with Crippen LogP contribution in [0, 0.1) is 12.8 Å². The number of aryl methyl sites for hydroxylation is 1. The molecule has 8 heteroatoms. The molecule has 0 fully saturated rings. The standard InChI is InChI=1S/C30H43N3O5/c1-10-20(4)25(32-29(36)38-30(6,7)8)28(35)33(19(2)3)26(24-14-12-11-13-21(24)5)27(34)31-22-15-17-23(37-9)18-16-22/h11-20,25-26H,10H2,1-9H3,(H,31,34)(H,32,36). The maximum Gasteiger partial charge on any atom is 0.408 e. The van der Waals surface area contributed by atoms with E-state index in [4.69, 9.17) is 9.47 Å². The number of carbonyl (C=O) groups excluding carboxylic acids is 3. The summed E-state index contributed by atoms with van der Waals surface area (Å²) >= 11 is 0. The molecule has 3 unspecified atom stereocenters. The number of rotatable bonds is 10. The van der Waals surface area contributed by atoms with Gasteiger partial charge in [0.05, 0.1) is 7.11 Å². The summed E-state index contributed by atoms with van der Waals surface area (Å²) in [5, 5.41) is 5.75. The number of anilines is 1. The maximum atomic E-state index is 14.2. The minimum atomic E-state index is -0.933. The van der Waals surface area contributed by atoms with Gasteiger partial charge in [-0.15, -0.1) is 0 Å². The summed E-state index contributed by atoms with van der Waals surface area (Å²) in [6.45, 7) is 14.8. The molecule has 0 aliphatic rings. The Labute approximate surface area is 227 Å². The molecule has 0 aromatic heterocycles. The van der Waals surface area contributed by atoms with Crippen LogP contribution in [0.3, 0.4) is 0 Å². The van der Waals surface area contributed by atoms with Crippen LogP contribution in [-0.2, 0) is 14.3 Å². The van der Waals surface area contributed by atoms with Crippen LogP contribution in [0.25, 0.3) is 0 Å². The number of methoxy groups -OCH3 is 1. The minimum absolute atomic E-state index is 0.196. The van der Waals surface area contributed by atoms with E-state index in [0.717, 1.165) is 5.56 Å². The van der Waals surface area contributed by atoms with Gasteiger partial charge in [0.15, 0.2) is 0 Å². The van der Waals surface area contributed by atoms with E-state index in [-0.39, 0.29) is 23.8 Å². The molecule has 0 saturated heterocycles. The molecule has 0 bridgehead atoms. The number of ether oxygens (including phenoxy) is 2. The molecule has 0 heterocycles. The highest BCUT2D eigenvalue weighted by Gasteiger charge is 2.39. The fraction of sp³-hybridized carbons (Fsp3) is 0.500. The van der Waals surface area contributed by atoms with Crippen molar-refractivity contribution in [3.8, 4) is 5.75 Å². The zero-order valence-electron chi connectivity index (χ0n) is 24.1. The van der Waals surface area contributed by atoms with Gasteiger partial charge in [-0.2, -0.15) is 0 Å². The molecular formula is C30H43N3O5. The molecule has 38 heavy (non-hydrogen) atoms. The molecule has 0 aliphatic carbocycles. The zero-order valence-corrected chi connectivity index (χ0v) is 24.1. The van der Waals surface area contributed by atoms with Gasteiger partial charge < -0.3 is 25.0 Å². The average molecular weight is 526 g/mol. The van der Waals surface area contributed by atoms with Gasteiger partial charge in [-0.05, 0) is 82.9 Å². The van der Waals surface area contributed by atoms with Crippen LogP contribution in [0.15, 0.2) is 48.5 Å². The second-order valence-corrected chi connectivity index (χ2v) is 10.8. The van der Waals surface area contributed by atoms with Gasteiger partial charge in [-0.25, -0.2) is 4.79 Å². The Bertz CT molecular complexity index is 1090. The molecule has 0 spiro atoms. The fourth-order valence-electron chi connectivity index (χ4n) is 4.15. The Morgan fingerprint density at radius 3 is 2.08 bits per heavy atom. The number of benzene rings is 2. The lowest BCUT2D eigenvalue weighted by Crippen LogP contribution is -2.56. The van der Waals surface area contributed by atoms with E-state index in [9.17, 15) is 14.4 Å². The van der Waals surface area contributed by atoms with Crippen LogP contribution < -0.4 is 15.4 Å². The Morgan fingerprint density at radius 1 is 0.974 bits per heavy atom. The molecule has 2 aromatic rings. The summed E-state index contributed by atoms with van der Waals surface area (Å²) in [6, 6.07) is 12.4. The molecule has 0 saturated carbocycles. The average Bonchev–Trinajstić information content (AvgIpc) is 2.84. The lowest BCUT2D eigenvalue weighted by molar-refractivity contribution is -0.144. The zero-order chi connectivity index (χ0) is 28.6. The number of carbonyl (C=O) groups is 3. The summed E-state index contributed by atoms with van der Waals surface area (Å²) in [5.74, 6) is -0.231. The molecule has 3 amide bonds. The third kappa shape index (κ3) is 8.23. The van der Waals surface area contributed by atoms with Crippen LogP contribution >= 0.6 is 0 Å². The molecule has 208 valence electrons. The van der Waals surface area contributed by atoms with Gasteiger partial charge >= 0.3 is 6.09 Å². The highest BCUT2D eigenvalue weighted by Crippen LogP contribution is 2.30. The van der Waals surface area contributed by atoms with Crippen molar-refractivity contribution in [2.75, 3.05) is 12.4 Å². The van der Waals surface area contributed by atoms with E-state index < -0.39 is 23.8 Å². The van der Waals surface area contributed by atoms with Crippen molar-refractivity contribution >= 4 is 23.6 Å². The van der Waals surface area contributed by atoms with Gasteiger partial charge in [0, 0.05) is 11.7 Å². The summed E-state index contributed by atoms with van der Waals surface area (Å²) in [5.41, 5.74) is 1.45. The first-order chi connectivity index (χ1) is 17.8. The fourth-order valence-corrected chi connectivity index (χ4v) is 4.15. The largest absolute Gasteiger partial charge is 0.497 e. The van der Waals surface area contributed by atoms with E-state index in [0.29, 0.717) is 23.4 Å². The predicted octanol–water partition coefficient (Wildman–Crippen LogP) is 5.86. The van der Waals surface area contributed by atoms with Crippen LogP contribution in [-0.4, -0.2) is 47.6 Å². The quantitative estimate of drug-likeness (QED) is 0.405. The second-order valence-electron chi connectivity index (χ2n) is 10.8. The third-order valence-corrected chi connectivity index (χ3v) is 6.33. The summed E-state index contributed by atoms with van der Waals surface area (Å²) in [6.07, 6.45) is -0.0272. The molecular weight excluding hydrogens is 482 g/mol. The molecule has 3 atom stereocenters. The van der Waals surface area contributed by atoms with E-state index >= 15 is 0 Å². The highest BCUT2D eigenvalue weighted by molar-refractivity contribution is 5.99. The molecule has 2 aromatic carbocycles. The Morgan fingerprint density at radius 2 is 1.58 bits per heavy atom.